The van der Waals surface area contributed by atoms with E-state index in [4.69, 9.17) is 5.26 Å². The van der Waals surface area contributed by atoms with Crippen molar-refractivity contribution in [2.24, 2.45) is 0 Å². The van der Waals surface area contributed by atoms with Gasteiger partial charge in [0.25, 0.3) is 0 Å². The first-order valence-electron chi connectivity index (χ1n) is 5.14. The average Bonchev–Trinajstić information content (AvgIpc) is 2.28. The van der Waals surface area contributed by atoms with E-state index in [1.165, 1.54) is 0 Å². The zero-order valence-electron chi connectivity index (χ0n) is 8.70. The van der Waals surface area contributed by atoms with Crippen molar-refractivity contribution in [3.05, 3.63) is 41.6 Å². The summed E-state index contributed by atoms with van der Waals surface area (Å²) in [7, 11) is 0. The summed E-state index contributed by atoms with van der Waals surface area (Å²) < 4.78 is 0. The highest BCUT2D eigenvalue weighted by Gasteiger charge is 2.04. The summed E-state index contributed by atoms with van der Waals surface area (Å²) in [6.45, 7) is 2.10. The molecule has 0 atom stereocenters. The lowest BCUT2D eigenvalue weighted by atomic mass is 10.1. The van der Waals surface area contributed by atoms with Crippen molar-refractivity contribution in [3.8, 4) is 6.07 Å². The highest BCUT2D eigenvalue weighted by molar-refractivity contribution is 5.80. The van der Waals surface area contributed by atoms with Crippen LogP contribution in [0.4, 0.5) is 0 Å². The Labute approximate surface area is 89.2 Å². The molecule has 0 aliphatic heterocycles. The average molecular weight is 196 g/mol. The van der Waals surface area contributed by atoms with Crippen LogP contribution in [0.2, 0.25) is 0 Å². The number of rotatable bonds is 2. The second-order valence-corrected chi connectivity index (χ2v) is 3.54. The van der Waals surface area contributed by atoms with Gasteiger partial charge < -0.3 is 0 Å². The molecular formula is C13H12N2. The van der Waals surface area contributed by atoms with Crippen molar-refractivity contribution in [1.82, 2.24) is 4.98 Å². The van der Waals surface area contributed by atoms with Crippen LogP contribution in [0.25, 0.3) is 10.9 Å². The quantitative estimate of drug-likeness (QED) is 0.740. The van der Waals surface area contributed by atoms with Crippen LogP contribution in [0.1, 0.15) is 24.6 Å². The Morgan fingerprint density at radius 3 is 2.87 bits per heavy atom. The molecule has 0 unspecified atom stereocenters. The Morgan fingerprint density at radius 2 is 2.13 bits per heavy atom. The Morgan fingerprint density at radius 1 is 1.33 bits per heavy atom. The molecule has 0 bridgehead atoms. The minimum atomic E-state index is 0.704. The number of pyridine rings is 1. The van der Waals surface area contributed by atoms with Gasteiger partial charge in [0.1, 0.15) is 6.07 Å². The Kier molecular flexibility index (Phi) is 2.64. The maximum Gasteiger partial charge on any atom is 0.101 e. The molecular weight excluding hydrogens is 184 g/mol. The number of benzene rings is 1. The van der Waals surface area contributed by atoms with Gasteiger partial charge >= 0.3 is 0 Å². The number of aromatic nitrogens is 1. The van der Waals surface area contributed by atoms with Crippen LogP contribution in [0.3, 0.4) is 0 Å². The SMILES string of the molecule is CCCc1nc2ccccc2cc1C#N. The van der Waals surface area contributed by atoms with Crippen molar-refractivity contribution in [2.75, 3.05) is 0 Å². The molecule has 15 heavy (non-hydrogen) atoms. The van der Waals surface area contributed by atoms with E-state index in [1.807, 2.05) is 30.3 Å². The monoisotopic (exact) mass is 196 g/mol. The summed E-state index contributed by atoms with van der Waals surface area (Å²) >= 11 is 0. The first-order valence-corrected chi connectivity index (χ1v) is 5.14. The van der Waals surface area contributed by atoms with Gasteiger partial charge in [0, 0.05) is 5.39 Å². The maximum absolute atomic E-state index is 9.01. The largest absolute Gasteiger partial charge is 0.251 e. The smallest absolute Gasteiger partial charge is 0.101 e. The molecule has 0 aliphatic rings. The number of para-hydroxylation sites is 1. The van der Waals surface area contributed by atoms with Gasteiger partial charge in [-0.1, -0.05) is 31.5 Å². The molecule has 1 heterocycles. The second-order valence-electron chi connectivity index (χ2n) is 3.54. The fraction of sp³-hybridized carbons (Fsp3) is 0.231. The van der Waals surface area contributed by atoms with Crippen LogP contribution in [0.15, 0.2) is 30.3 Å². The molecule has 1 aromatic carbocycles. The fourth-order valence-electron chi connectivity index (χ4n) is 1.68. The summed E-state index contributed by atoms with van der Waals surface area (Å²) in [4.78, 5) is 4.51. The van der Waals surface area contributed by atoms with Gasteiger partial charge in [-0.15, -0.1) is 0 Å². The number of hydrogen-bond acceptors (Lipinski definition) is 2. The van der Waals surface area contributed by atoms with Gasteiger partial charge in [-0.25, -0.2) is 0 Å². The van der Waals surface area contributed by atoms with Gasteiger partial charge in [0.2, 0.25) is 0 Å². The van der Waals surface area contributed by atoms with E-state index in [9.17, 15) is 0 Å². The third kappa shape index (κ3) is 1.82. The van der Waals surface area contributed by atoms with Crippen LogP contribution in [-0.2, 0) is 6.42 Å². The molecule has 74 valence electrons. The van der Waals surface area contributed by atoms with Crippen molar-refractivity contribution in [3.63, 3.8) is 0 Å². The lowest BCUT2D eigenvalue weighted by Crippen LogP contribution is -1.95. The third-order valence-corrected chi connectivity index (χ3v) is 2.41. The lowest BCUT2D eigenvalue weighted by Gasteiger charge is -2.03. The van der Waals surface area contributed by atoms with Gasteiger partial charge in [0.15, 0.2) is 0 Å². The summed E-state index contributed by atoms with van der Waals surface area (Å²) in [5, 5.41) is 10.1. The molecule has 1 aromatic heterocycles. The molecule has 0 saturated carbocycles. The molecule has 0 radical (unpaired) electrons. The van der Waals surface area contributed by atoms with Crippen molar-refractivity contribution < 1.29 is 0 Å². The van der Waals surface area contributed by atoms with E-state index in [0.29, 0.717) is 5.56 Å². The van der Waals surface area contributed by atoms with E-state index in [-0.39, 0.29) is 0 Å². The highest BCUT2D eigenvalue weighted by Crippen LogP contribution is 2.17. The summed E-state index contributed by atoms with van der Waals surface area (Å²) in [5.41, 5.74) is 2.59. The van der Waals surface area contributed by atoms with Crippen LogP contribution in [0.5, 0.6) is 0 Å². The summed E-state index contributed by atoms with van der Waals surface area (Å²) in [6, 6.07) is 12.0. The zero-order valence-corrected chi connectivity index (χ0v) is 8.70. The van der Waals surface area contributed by atoms with Crippen LogP contribution in [0, 0.1) is 11.3 Å². The Balaban J connectivity index is 2.65. The summed E-state index contributed by atoms with van der Waals surface area (Å²) in [6.07, 6.45) is 1.88. The number of hydrogen-bond donors (Lipinski definition) is 0. The Bertz CT molecular complexity index is 524. The van der Waals surface area contributed by atoms with Gasteiger partial charge in [-0.2, -0.15) is 5.26 Å². The molecule has 2 heteroatoms. The predicted octanol–water partition coefficient (Wildman–Crippen LogP) is 3.06. The van der Waals surface area contributed by atoms with Crippen LogP contribution < -0.4 is 0 Å². The molecule has 2 rings (SSSR count). The molecule has 2 nitrogen and oxygen atoms in total. The second kappa shape index (κ2) is 4.10. The first kappa shape index (κ1) is 9.67. The third-order valence-electron chi connectivity index (χ3n) is 2.41. The van der Waals surface area contributed by atoms with Crippen molar-refractivity contribution in [2.45, 2.75) is 19.8 Å². The zero-order chi connectivity index (χ0) is 10.7. The van der Waals surface area contributed by atoms with E-state index in [0.717, 1.165) is 29.4 Å². The number of nitrogens with zero attached hydrogens (tertiary/aromatic N) is 2. The van der Waals surface area contributed by atoms with E-state index >= 15 is 0 Å². The lowest BCUT2D eigenvalue weighted by molar-refractivity contribution is 0.885. The molecule has 0 spiro atoms. The van der Waals surface area contributed by atoms with Gasteiger partial charge in [0.05, 0.1) is 16.8 Å². The molecule has 0 amide bonds. The molecule has 0 fully saturated rings. The molecule has 0 aliphatic carbocycles. The standard InChI is InChI=1S/C13H12N2/c1-2-5-12-11(9-14)8-10-6-3-4-7-13(10)15-12/h3-4,6-8H,2,5H2,1H3. The molecule has 0 N–H and O–H groups in total. The Hall–Kier alpha value is -1.88. The minimum Gasteiger partial charge on any atom is -0.251 e. The maximum atomic E-state index is 9.01. The highest BCUT2D eigenvalue weighted by atomic mass is 14.7. The van der Waals surface area contributed by atoms with Crippen molar-refractivity contribution in [1.29, 1.82) is 5.26 Å². The first-order chi connectivity index (χ1) is 7.35. The fourth-order valence-corrected chi connectivity index (χ4v) is 1.68. The number of nitriles is 1. The van der Waals surface area contributed by atoms with Gasteiger partial charge in [-0.05, 0) is 18.6 Å². The van der Waals surface area contributed by atoms with Crippen molar-refractivity contribution >= 4 is 10.9 Å². The van der Waals surface area contributed by atoms with E-state index in [1.54, 1.807) is 0 Å². The number of fused-ring (bicyclic) bond motifs is 1. The van der Waals surface area contributed by atoms with E-state index in [2.05, 4.69) is 18.0 Å². The minimum absolute atomic E-state index is 0.704. The van der Waals surface area contributed by atoms with Crippen LogP contribution in [-0.4, -0.2) is 4.98 Å². The summed E-state index contributed by atoms with van der Waals surface area (Å²) in [5.74, 6) is 0. The van der Waals surface area contributed by atoms with Crippen LogP contribution >= 0.6 is 0 Å². The van der Waals surface area contributed by atoms with Gasteiger partial charge in [-0.3, -0.25) is 4.98 Å². The number of aryl methyl sites for hydroxylation is 1. The van der Waals surface area contributed by atoms with E-state index < -0.39 is 0 Å². The predicted molar refractivity (Wildman–Crippen MR) is 60.5 cm³/mol. The topological polar surface area (TPSA) is 36.7 Å². The molecule has 2 aromatic rings. The normalized spacial score (nSPS) is 10.1. The molecule has 0 saturated heterocycles.